The van der Waals surface area contributed by atoms with Gasteiger partial charge in [-0.2, -0.15) is 0 Å². The molecular formula is C17H26N2O5. The highest BCUT2D eigenvalue weighted by atomic mass is 16.5. The highest BCUT2D eigenvalue weighted by molar-refractivity contribution is 5.95. The van der Waals surface area contributed by atoms with Crippen LogP contribution in [0.2, 0.25) is 0 Å². The molecule has 2 bridgehead atoms. The Balaban J connectivity index is 1.77. The number of nitrogens with one attached hydrogen (secondary N) is 1. The molecule has 0 aromatic heterocycles. The number of carboxylic acid groups (broad SMARTS) is 1. The number of primary amides is 1. The molecule has 2 amide bonds. The number of amides is 2. The summed E-state index contributed by atoms with van der Waals surface area (Å²) in [6.07, 6.45) is 8.77. The molecule has 0 spiro atoms. The van der Waals surface area contributed by atoms with Crippen molar-refractivity contribution in [1.82, 2.24) is 5.32 Å². The second-order valence-electron chi connectivity index (χ2n) is 6.56. The van der Waals surface area contributed by atoms with E-state index in [2.05, 4.69) is 11.4 Å². The van der Waals surface area contributed by atoms with E-state index in [1.807, 2.05) is 6.08 Å². The van der Waals surface area contributed by atoms with Gasteiger partial charge in [0.2, 0.25) is 11.8 Å². The first-order valence-corrected chi connectivity index (χ1v) is 8.54. The van der Waals surface area contributed by atoms with Crippen LogP contribution in [0.4, 0.5) is 0 Å². The number of rotatable bonds is 10. The summed E-state index contributed by atoms with van der Waals surface area (Å²) >= 11 is 0. The first-order chi connectivity index (χ1) is 11.5. The zero-order valence-corrected chi connectivity index (χ0v) is 13.8. The Bertz CT molecular complexity index is 505. The lowest BCUT2D eigenvalue weighted by atomic mass is 9.77. The van der Waals surface area contributed by atoms with Crippen molar-refractivity contribution in [2.24, 2.45) is 17.6 Å². The third kappa shape index (κ3) is 5.33. The minimum absolute atomic E-state index is 0.175. The van der Waals surface area contributed by atoms with Crippen molar-refractivity contribution in [2.75, 3.05) is 6.54 Å². The smallest absolute Gasteiger partial charge is 0.303 e. The number of hydrogen-bond donors (Lipinski definition) is 3. The van der Waals surface area contributed by atoms with Crippen LogP contribution in [0.5, 0.6) is 0 Å². The average Bonchev–Trinajstić information content (AvgIpc) is 3.09. The lowest BCUT2D eigenvalue weighted by molar-refractivity contribution is -0.137. The molecule has 134 valence electrons. The summed E-state index contributed by atoms with van der Waals surface area (Å²) in [5.74, 6) is -1.12. The molecule has 0 aliphatic carbocycles. The minimum atomic E-state index is -0.767. The molecule has 0 aromatic rings. The van der Waals surface area contributed by atoms with Gasteiger partial charge in [0.15, 0.2) is 0 Å². The van der Waals surface area contributed by atoms with Crippen LogP contribution in [0.15, 0.2) is 12.2 Å². The minimum Gasteiger partial charge on any atom is -0.481 e. The van der Waals surface area contributed by atoms with Gasteiger partial charge in [0.25, 0.3) is 0 Å². The van der Waals surface area contributed by atoms with Crippen LogP contribution in [0.25, 0.3) is 0 Å². The van der Waals surface area contributed by atoms with Crippen molar-refractivity contribution >= 4 is 17.8 Å². The standard InChI is InChI=1S/C17H26N2O5/c18-15(20)9-16(21)19-10-12-11(13-7-8-14(12)24-13)5-3-1-2-4-6-17(22)23/h1,3,11-14H,2,4-10H2,(H2,18,20)(H,19,21)(H,22,23)/b3-1-/t11-,12+,13-,14+/m1/s1. The predicted octanol–water partition coefficient (Wildman–Crippen LogP) is 0.973. The van der Waals surface area contributed by atoms with E-state index in [4.69, 9.17) is 15.6 Å². The summed E-state index contributed by atoms with van der Waals surface area (Å²) in [5, 5.41) is 11.4. The number of carbonyl (C=O) groups excluding carboxylic acids is 2. The van der Waals surface area contributed by atoms with Gasteiger partial charge in [0.05, 0.1) is 12.2 Å². The molecule has 0 saturated carbocycles. The van der Waals surface area contributed by atoms with Gasteiger partial charge < -0.3 is 20.9 Å². The van der Waals surface area contributed by atoms with Gasteiger partial charge >= 0.3 is 5.97 Å². The number of allylic oxidation sites excluding steroid dienone is 2. The molecule has 24 heavy (non-hydrogen) atoms. The molecular weight excluding hydrogens is 312 g/mol. The molecule has 0 aromatic carbocycles. The Morgan fingerprint density at radius 3 is 2.54 bits per heavy atom. The summed E-state index contributed by atoms with van der Waals surface area (Å²) in [5.41, 5.74) is 5.02. The highest BCUT2D eigenvalue weighted by Crippen LogP contribution is 2.44. The van der Waals surface area contributed by atoms with E-state index >= 15 is 0 Å². The quantitative estimate of drug-likeness (QED) is 0.312. The van der Waals surface area contributed by atoms with Gasteiger partial charge in [-0.05, 0) is 38.0 Å². The third-order valence-corrected chi connectivity index (χ3v) is 4.80. The number of nitrogens with two attached hydrogens (primary N) is 1. The SMILES string of the molecule is NC(=O)CC(=O)NC[C@H]1[C@@H](C/C=C\CCCC(=O)O)[C@H]2CC[C@@H]1O2. The van der Waals surface area contributed by atoms with E-state index in [0.29, 0.717) is 18.9 Å². The van der Waals surface area contributed by atoms with E-state index in [-0.39, 0.29) is 36.9 Å². The molecule has 0 radical (unpaired) electrons. The Hall–Kier alpha value is -1.89. The van der Waals surface area contributed by atoms with Crippen LogP contribution in [-0.2, 0) is 19.1 Å². The molecule has 2 aliphatic rings. The highest BCUT2D eigenvalue weighted by Gasteiger charge is 2.47. The van der Waals surface area contributed by atoms with Crippen molar-refractivity contribution in [3.05, 3.63) is 12.2 Å². The Kier molecular flexibility index (Phi) is 6.78. The van der Waals surface area contributed by atoms with Crippen molar-refractivity contribution in [3.8, 4) is 0 Å². The van der Waals surface area contributed by atoms with Gasteiger partial charge in [-0.15, -0.1) is 0 Å². The summed E-state index contributed by atoms with van der Waals surface area (Å²) < 4.78 is 5.97. The zero-order chi connectivity index (χ0) is 17.5. The van der Waals surface area contributed by atoms with Crippen molar-refractivity contribution in [2.45, 2.75) is 57.2 Å². The number of carbonyl (C=O) groups is 3. The summed E-state index contributed by atoms with van der Waals surface area (Å²) in [4.78, 5) is 32.8. The third-order valence-electron chi connectivity index (χ3n) is 4.80. The first kappa shape index (κ1) is 18.4. The van der Waals surface area contributed by atoms with Crippen LogP contribution < -0.4 is 11.1 Å². The molecule has 2 aliphatic heterocycles. The second-order valence-corrected chi connectivity index (χ2v) is 6.56. The summed E-state index contributed by atoms with van der Waals surface area (Å²) in [6.45, 7) is 0.505. The van der Waals surface area contributed by atoms with Crippen LogP contribution in [0, 0.1) is 11.8 Å². The molecule has 2 rings (SSSR count). The fraction of sp³-hybridized carbons (Fsp3) is 0.706. The second kappa shape index (κ2) is 8.82. The molecule has 2 saturated heterocycles. The van der Waals surface area contributed by atoms with Crippen LogP contribution in [0.3, 0.4) is 0 Å². The Morgan fingerprint density at radius 2 is 1.88 bits per heavy atom. The van der Waals surface area contributed by atoms with Gasteiger partial charge in [0, 0.05) is 18.9 Å². The molecule has 7 heteroatoms. The maximum Gasteiger partial charge on any atom is 0.303 e. The maximum absolute atomic E-state index is 11.6. The van der Waals surface area contributed by atoms with Crippen molar-refractivity contribution in [3.63, 3.8) is 0 Å². The van der Waals surface area contributed by atoms with E-state index in [9.17, 15) is 14.4 Å². The molecule has 2 heterocycles. The summed E-state index contributed by atoms with van der Waals surface area (Å²) in [6, 6.07) is 0. The number of fused-ring (bicyclic) bond motifs is 2. The van der Waals surface area contributed by atoms with Gasteiger partial charge in [-0.1, -0.05) is 12.2 Å². The fourth-order valence-electron chi connectivity index (χ4n) is 3.67. The average molecular weight is 338 g/mol. The normalized spacial score (nSPS) is 28.3. The largest absolute Gasteiger partial charge is 0.481 e. The molecule has 0 unspecified atom stereocenters. The topological polar surface area (TPSA) is 119 Å². The Labute approximate surface area is 141 Å². The number of ether oxygens (including phenoxy) is 1. The van der Waals surface area contributed by atoms with E-state index in [1.54, 1.807) is 0 Å². The van der Waals surface area contributed by atoms with E-state index in [0.717, 1.165) is 25.7 Å². The maximum atomic E-state index is 11.6. The number of aliphatic carboxylic acids is 1. The van der Waals surface area contributed by atoms with Crippen LogP contribution in [-0.4, -0.2) is 41.6 Å². The Morgan fingerprint density at radius 1 is 1.17 bits per heavy atom. The molecule has 2 fully saturated rings. The number of carboxylic acids is 1. The first-order valence-electron chi connectivity index (χ1n) is 8.54. The lowest BCUT2D eigenvalue weighted by Gasteiger charge is -2.27. The molecule has 4 atom stereocenters. The van der Waals surface area contributed by atoms with Crippen LogP contribution >= 0.6 is 0 Å². The lowest BCUT2D eigenvalue weighted by Crippen LogP contribution is -2.39. The van der Waals surface area contributed by atoms with Gasteiger partial charge in [-0.3, -0.25) is 14.4 Å². The number of hydrogen-bond acceptors (Lipinski definition) is 4. The van der Waals surface area contributed by atoms with Gasteiger partial charge in [0.1, 0.15) is 6.42 Å². The van der Waals surface area contributed by atoms with Gasteiger partial charge in [-0.25, -0.2) is 0 Å². The van der Waals surface area contributed by atoms with Crippen molar-refractivity contribution in [1.29, 1.82) is 0 Å². The predicted molar refractivity (Wildman–Crippen MR) is 86.9 cm³/mol. The van der Waals surface area contributed by atoms with Crippen LogP contribution in [0.1, 0.15) is 44.9 Å². The van der Waals surface area contributed by atoms with E-state index in [1.165, 1.54) is 0 Å². The fourth-order valence-corrected chi connectivity index (χ4v) is 3.67. The number of unbranched alkanes of at least 4 members (excludes halogenated alkanes) is 1. The summed E-state index contributed by atoms with van der Waals surface area (Å²) in [7, 11) is 0. The van der Waals surface area contributed by atoms with E-state index < -0.39 is 11.9 Å². The molecule has 4 N–H and O–H groups in total. The monoisotopic (exact) mass is 338 g/mol. The zero-order valence-electron chi connectivity index (χ0n) is 13.8. The van der Waals surface area contributed by atoms with Crippen molar-refractivity contribution < 1.29 is 24.2 Å². The molecule has 7 nitrogen and oxygen atoms in total.